The van der Waals surface area contributed by atoms with Crippen LogP contribution in [0.1, 0.15) is 16.9 Å². The molecule has 1 fully saturated rings. The third kappa shape index (κ3) is 5.31. The molecule has 1 amide bonds. The highest BCUT2D eigenvalue weighted by atomic mass is 19.4. The number of nitrogens with zero attached hydrogens (tertiary/aromatic N) is 4. The van der Waals surface area contributed by atoms with Crippen molar-refractivity contribution in [3.63, 3.8) is 0 Å². The molecule has 3 heterocycles. The molecule has 0 bridgehead atoms. The normalized spacial score (nSPS) is 18.6. The van der Waals surface area contributed by atoms with E-state index in [2.05, 4.69) is 25.7 Å². The summed E-state index contributed by atoms with van der Waals surface area (Å²) in [5, 5.41) is 19.5. The molecule has 0 saturated carbocycles. The minimum absolute atomic E-state index is 0.00343. The van der Waals surface area contributed by atoms with E-state index in [1.807, 2.05) is 0 Å². The lowest BCUT2D eigenvalue weighted by molar-refractivity contribution is -0.142. The van der Waals surface area contributed by atoms with E-state index >= 15 is 0 Å². The van der Waals surface area contributed by atoms with Crippen LogP contribution in [-0.4, -0.2) is 62.2 Å². The first-order valence-corrected chi connectivity index (χ1v) is 10.3. The SMILES string of the molecule is Nc1ncc(-c2cc(-c3cnn(CC(F)(F)F)c3)ccc2F)nc1C(=O)N[C@@H]1CNCC[C@H]1O. The monoisotopic (exact) mass is 479 g/mol. The van der Waals surface area contributed by atoms with Crippen LogP contribution in [0.5, 0.6) is 0 Å². The summed E-state index contributed by atoms with van der Waals surface area (Å²) in [5.74, 6) is -1.53. The molecule has 2 aromatic heterocycles. The number of halogens is 4. The second-order valence-electron chi connectivity index (χ2n) is 7.87. The number of nitrogens with two attached hydrogens (primary N) is 1. The van der Waals surface area contributed by atoms with Crippen molar-refractivity contribution in [1.82, 2.24) is 30.4 Å². The summed E-state index contributed by atoms with van der Waals surface area (Å²) in [6, 6.07) is 3.34. The molecule has 4 rings (SSSR count). The molecule has 1 saturated heterocycles. The molecule has 1 aromatic carbocycles. The second kappa shape index (κ2) is 9.35. The van der Waals surface area contributed by atoms with Crippen LogP contribution in [0, 0.1) is 5.82 Å². The molecule has 34 heavy (non-hydrogen) atoms. The standard InChI is InChI=1S/C21H21F4N7O2/c22-14-2-1-11(12-6-29-32(9-12)10-21(23,24)25)5-13(14)15-8-28-19(26)18(30-15)20(34)31-16-7-27-4-3-17(16)33/h1-2,5-6,8-9,16-17,27,33H,3-4,7,10H2,(H2,26,28)(H,31,34)/t16-,17-/m1/s1. The van der Waals surface area contributed by atoms with Gasteiger partial charge in [-0.1, -0.05) is 6.07 Å². The Bertz CT molecular complexity index is 1200. The van der Waals surface area contributed by atoms with Crippen molar-refractivity contribution in [2.24, 2.45) is 0 Å². The second-order valence-corrected chi connectivity index (χ2v) is 7.87. The highest BCUT2D eigenvalue weighted by Gasteiger charge is 2.29. The largest absolute Gasteiger partial charge is 0.408 e. The Morgan fingerprint density at radius 3 is 2.82 bits per heavy atom. The molecule has 0 aliphatic carbocycles. The summed E-state index contributed by atoms with van der Waals surface area (Å²) >= 11 is 0. The Morgan fingerprint density at radius 1 is 1.29 bits per heavy atom. The molecule has 13 heteroatoms. The fourth-order valence-electron chi connectivity index (χ4n) is 3.61. The minimum atomic E-state index is -4.43. The van der Waals surface area contributed by atoms with Crippen molar-refractivity contribution in [2.75, 3.05) is 18.8 Å². The Balaban J connectivity index is 1.61. The molecular weight excluding hydrogens is 458 g/mol. The van der Waals surface area contributed by atoms with Gasteiger partial charge in [-0.2, -0.15) is 18.3 Å². The van der Waals surface area contributed by atoms with Gasteiger partial charge in [-0.15, -0.1) is 0 Å². The number of aliphatic hydroxyl groups is 1. The number of aromatic nitrogens is 4. The average Bonchev–Trinajstić information content (AvgIpc) is 3.23. The highest BCUT2D eigenvalue weighted by Crippen LogP contribution is 2.29. The van der Waals surface area contributed by atoms with E-state index in [1.165, 1.54) is 30.7 Å². The Morgan fingerprint density at radius 2 is 2.09 bits per heavy atom. The molecule has 180 valence electrons. The predicted molar refractivity (Wildman–Crippen MR) is 114 cm³/mol. The van der Waals surface area contributed by atoms with Crippen LogP contribution in [0.25, 0.3) is 22.4 Å². The molecule has 9 nitrogen and oxygen atoms in total. The maximum atomic E-state index is 14.6. The van der Waals surface area contributed by atoms with E-state index in [0.717, 1.165) is 10.7 Å². The molecule has 0 unspecified atom stereocenters. The number of amides is 1. The van der Waals surface area contributed by atoms with Crippen LogP contribution in [0.3, 0.4) is 0 Å². The fourth-order valence-corrected chi connectivity index (χ4v) is 3.61. The average molecular weight is 479 g/mol. The number of hydrogen-bond acceptors (Lipinski definition) is 7. The highest BCUT2D eigenvalue weighted by molar-refractivity contribution is 5.97. The molecule has 0 radical (unpaired) electrons. The van der Waals surface area contributed by atoms with E-state index in [9.17, 15) is 27.5 Å². The molecule has 3 aromatic rings. The number of anilines is 1. The summed E-state index contributed by atoms with van der Waals surface area (Å²) in [6.45, 7) is -0.275. The topological polar surface area (TPSA) is 131 Å². The van der Waals surface area contributed by atoms with Crippen molar-refractivity contribution >= 4 is 11.7 Å². The predicted octanol–water partition coefficient (Wildman–Crippen LogP) is 1.74. The van der Waals surface area contributed by atoms with Gasteiger partial charge in [0.25, 0.3) is 5.91 Å². The molecule has 1 aliphatic heterocycles. The number of nitrogens with one attached hydrogen (secondary N) is 2. The number of carbonyl (C=O) groups is 1. The number of rotatable bonds is 5. The number of piperidine rings is 1. The van der Waals surface area contributed by atoms with Gasteiger partial charge in [-0.05, 0) is 30.7 Å². The third-order valence-corrected chi connectivity index (χ3v) is 5.33. The summed E-state index contributed by atoms with van der Waals surface area (Å²) in [6.07, 6.45) is -1.09. The first-order chi connectivity index (χ1) is 16.1. The van der Waals surface area contributed by atoms with E-state index in [-0.39, 0.29) is 22.8 Å². The number of aliphatic hydroxyl groups excluding tert-OH is 1. The lowest BCUT2D eigenvalue weighted by atomic mass is 10.0. The lowest BCUT2D eigenvalue weighted by Crippen LogP contribution is -2.53. The number of hydrogen-bond donors (Lipinski definition) is 4. The van der Waals surface area contributed by atoms with Crippen LogP contribution < -0.4 is 16.4 Å². The van der Waals surface area contributed by atoms with Crippen molar-refractivity contribution in [1.29, 1.82) is 0 Å². The summed E-state index contributed by atoms with van der Waals surface area (Å²) in [7, 11) is 0. The van der Waals surface area contributed by atoms with Crippen LogP contribution in [0.2, 0.25) is 0 Å². The molecular formula is C21H21F4N7O2. The van der Waals surface area contributed by atoms with Gasteiger partial charge in [0.05, 0.1) is 30.2 Å². The van der Waals surface area contributed by atoms with Crippen molar-refractivity contribution in [3.8, 4) is 22.4 Å². The quantitative estimate of drug-likeness (QED) is 0.410. The number of benzene rings is 1. The smallest absolute Gasteiger partial charge is 0.391 e. The zero-order valence-corrected chi connectivity index (χ0v) is 17.7. The van der Waals surface area contributed by atoms with Crippen LogP contribution >= 0.6 is 0 Å². The van der Waals surface area contributed by atoms with Crippen molar-refractivity contribution in [2.45, 2.75) is 31.3 Å². The van der Waals surface area contributed by atoms with Gasteiger partial charge in [-0.3, -0.25) is 9.48 Å². The first-order valence-electron chi connectivity index (χ1n) is 10.3. The van der Waals surface area contributed by atoms with Gasteiger partial charge in [0.15, 0.2) is 11.5 Å². The van der Waals surface area contributed by atoms with E-state index in [0.29, 0.717) is 30.6 Å². The number of nitrogen functional groups attached to an aromatic ring is 1. The summed E-state index contributed by atoms with van der Waals surface area (Å²) < 4.78 is 53.2. The molecule has 0 spiro atoms. The van der Waals surface area contributed by atoms with Gasteiger partial charge in [-0.25, -0.2) is 14.4 Å². The Labute approximate surface area is 191 Å². The van der Waals surface area contributed by atoms with Gasteiger partial charge in [0, 0.05) is 23.9 Å². The number of alkyl halides is 3. The maximum Gasteiger partial charge on any atom is 0.408 e. The van der Waals surface area contributed by atoms with E-state index < -0.39 is 36.6 Å². The minimum Gasteiger partial charge on any atom is -0.391 e. The van der Waals surface area contributed by atoms with Gasteiger partial charge in [0.1, 0.15) is 12.4 Å². The fraction of sp³-hybridized carbons (Fsp3) is 0.333. The van der Waals surface area contributed by atoms with Crippen LogP contribution in [0.15, 0.2) is 36.8 Å². The van der Waals surface area contributed by atoms with E-state index in [1.54, 1.807) is 0 Å². The van der Waals surface area contributed by atoms with E-state index in [4.69, 9.17) is 5.73 Å². The zero-order valence-electron chi connectivity index (χ0n) is 17.7. The van der Waals surface area contributed by atoms with Gasteiger partial charge < -0.3 is 21.5 Å². The number of carbonyl (C=O) groups excluding carboxylic acids is 1. The maximum absolute atomic E-state index is 14.6. The molecule has 2 atom stereocenters. The Kier molecular flexibility index (Phi) is 6.48. The Hall–Kier alpha value is -3.58. The zero-order chi connectivity index (χ0) is 24.5. The molecule has 1 aliphatic rings. The van der Waals surface area contributed by atoms with Gasteiger partial charge in [0.2, 0.25) is 0 Å². The van der Waals surface area contributed by atoms with Gasteiger partial charge >= 0.3 is 6.18 Å². The van der Waals surface area contributed by atoms with Crippen LogP contribution in [-0.2, 0) is 6.54 Å². The summed E-state index contributed by atoms with van der Waals surface area (Å²) in [5.41, 5.74) is 6.28. The van der Waals surface area contributed by atoms with Crippen molar-refractivity contribution < 1.29 is 27.5 Å². The third-order valence-electron chi connectivity index (χ3n) is 5.33. The van der Waals surface area contributed by atoms with Crippen molar-refractivity contribution in [3.05, 3.63) is 48.3 Å². The van der Waals surface area contributed by atoms with Crippen LogP contribution in [0.4, 0.5) is 23.4 Å². The lowest BCUT2D eigenvalue weighted by Gasteiger charge is -2.29. The first kappa shape index (κ1) is 23.6. The summed E-state index contributed by atoms with van der Waals surface area (Å²) in [4.78, 5) is 20.8. The molecule has 5 N–H and O–H groups in total.